The third kappa shape index (κ3) is 14.5. The number of ether oxygens (including phenoxy) is 3. The van der Waals surface area contributed by atoms with E-state index in [1.807, 2.05) is 14.1 Å². The number of nitrogens with zero attached hydrogens (tertiary/aromatic N) is 1. The standard InChI is InChI=1S/C23H43NO5/c1-4-5-6-7-8-9-10-11-12-13-14-15-21(25)29-23-17-16-20(28-23)19-27-22(26)18-24(2)3/h20,23H,4-19H2,1-3H3/t20-,23-/m0/s1. The first-order valence-electron chi connectivity index (χ1n) is 11.7. The van der Waals surface area contributed by atoms with Crippen molar-refractivity contribution in [2.24, 2.45) is 0 Å². The molecule has 29 heavy (non-hydrogen) atoms. The van der Waals surface area contributed by atoms with Crippen LogP contribution in [0.5, 0.6) is 0 Å². The molecule has 0 aliphatic carbocycles. The Hall–Kier alpha value is -1.14. The predicted molar refractivity (Wildman–Crippen MR) is 115 cm³/mol. The van der Waals surface area contributed by atoms with Crippen molar-refractivity contribution in [1.29, 1.82) is 0 Å². The molecule has 0 aromatic carbocycles. The van der Waals surface area contributed by atoms with Gasteiger partial charge in [-0.05, 0) is 26.9 Å². The van der Waals surface area contributed by atoms with Crippen molar-refractivity contribution in [3.05, 3.63) is 0 Å². The predicted octanol–water partition coefficient (Wildman–Crippen LogP) is 4.84. The largest absolute Gasteiger partial charge is 0.462 e. The molecule has 1 rings (SSSR count). The van der Waals surface area contributed by atoms with Crippen molar-refractivity contribution >= 4 is 11.9 Å². The van der Waals surface area contributed by atoms with Gasteiger partial charge in [-0.1, -0.05) is 71.1 Å². The highest BCUT2D eigenvalue weighted by Crippen LogP contribution is 2.22. The van der Waals surface area contributed by atoms with E-state index in [0.29, 0.717) is 12.8 Å². The summed E-state index contributed by atoms with van der Waals surface area (Å²) in [5.41, 5.74) is 0. The van der Waals surface area contributed by atoms with Crippen molar-refractivity contribution in [3.8, 4) is 0 Å². The number of carbonyl (C=O) groups is 2. The minimum Gasteiger partial charge on any atom is -0.462 e. The molecule has 6 heteroatoms. The lowest BCUT2D eigenvalue weighted by Crippen LogP contribution is -2.27. The number of carbonyl (C=O) groups excluding carboxylic acids is 2. The van der Waals surface area contributed by atoms with Gasteiger partial charge in [0.1, 0.15) is 6.61 Å². The molecule has 1 saturated heterocycles. The van der Waals surface area contributed by atoms with E-state index in [2.05, 4.69) is 6.92 Å². The molecule has 1 aliphatic heterocycles. The first kappa shape index (κ1) is 25.9. The molecule has 0 amide bonds. The molecular formula is C23H43NO5. The number of esters is 2. The molecule has 0 aromatic heterocycles. The maximum Gasteiger partial charge on any atom is 0.320 e. The fourth-order valence-electron chi connectivity index (χ4n) is 3.51. The molecule has 1 fully saturated rings. The first-order chi connectivity index (χ1) is 14.0. The highest BCUT2D eigenvalue weighted by molar-refractivity contribution is 5.71. The summed E-state index contributed by atoms with van der Waals surface area (Å²) in [6.45, 7) is 2.73. The lowest BCUT2D eigenvalue weighted by molar-refractivity contribution is -0.180. The monoisotopic (exact) mass is 413 g/mol. The molecule has 1 heterocycles. The molecule has 2 atom stereocenters. The van der Waals surface area contributed by atoms with E-state index in [1.165, 1.54) is 57.8 Å². The summed E-state index contributed by atoms with van der Waals surface area (Å²) in [5, 5.41) is 0. The van der Waals surface area contributed by atoms with Gasteiger partial charge in [-0.15, -0.1) is 0 Å². The Balaban J connectivity index is 1.94. The first-order valence-corrected chi connectivity index (χ1v) is 11.7. The average molecular weight is 414 g/mol. The zero-order valence-electron chi connectivity index (χ0n) is 19.0. The lowest BCUT2D eigenvalue weighted by atomic mass is 10.1. The third-order valence-electron chi connectivity index (χ3n) is 5.19. The number of unbranched alkanes of at least 4 members (excludes halogenated alkanes) is 10. The van der Waals surface area contributed by atoms with Crippen LogP contribution in [-0.4, -0.2) is 56.5 Å². The molecule has 0 saturated carbocycles. The molecule has 1 aliphatic rings. The van der Waals surface area contributed by atoms with Gasteiger partial charge in [-0.3, -0.25) is 14.5 Å². The molecule has 170 valence electrons. The summed E-state index contributed by atoms with van der Waals surface area (Å²) >= 11 is 0. The van der Waals surface area contributed by atoms with Gasteiger partial charge >= 0.3 is 11.9 Å². The Bertz CT molecular complexity index is 441. The van der Waals surface area contributed by atoms with Gasteiger partial charge in [0.25, 0.3) is 0 Å². The Labute approximate surface area is 177 Å². The zero-order chi connectivity index (χ0) is 21.3. The molecule has 0 radical (unpaired) electrons. The Morgan fingerprint density at radius 3 is 2.03 bits per heavy atom. The highest BCUT2D eigenvalue weighted by Gasteiger charge is 2.29. The molecular weight excluding hydrogens is 370 g/mol. The summed E-state index contributed by atoms with van der Waals surface area (Å²) in [6, 6.07) is 0. The summed E-state index contributed by atoms with van der Waals surface area (Å²) in [7, 11) is 3.64. The second-order valence-corrected chi connectivity index (χ2v) is 8.46. The van der Waals surface area contributed by atoms with Crippen molar-refractivity contribution in [2.75, 3.05) is 27.2 Å². The van der Waals surface area contributed by atoms with Crippen LogP contribution in [0.15, 0.2) is 0 Å². The van der Waals surface area contributed by atoms with Crippen LogP contribution in [0.3, 0.4) is 0 Å². The van der Waals surface area contributed by atoms with Crippen LogP contribution in [0.25, 0.3) is 0 Å². The van der Waals surface area contributed by atoms with Crippen LogP contribution in [0, 0.1) is 0 Å². The van der Waals surface area contributed by atoms with Crippen molar-refractivity contribution in [2.45, 2.75) is 109 Å². The van der Waals surface area contributed by atoms with Crippen LogP contribution in [0.4, 0.5) is 0 Å². The minimum absolute atomic E-state index is 0.180. The van der Waals surface area contributed by atoms with Crippen LogP contribution in [0.1, 0.15) is 96.8 Å². The van der Waals surface area contributed by atoms with E-state index in [0.717, 1.165) is 19.3 Å². The summed E-state index contributed by atoms with van der Waals surface area (Å²) in [5.74, 6) is -0.452. The molecule has 0 unspecified atom stereocenters. The van der Waals surface area contributed by atoms with Crippen LogP contribution < -0.4 is 0 Å². The Morgan fingerprint density at radius 1 is 0.862 bits per heavy atom. The molecule has 0 bridgehead atoms. The zero-order valence-corrected chi connectivity index (χ0v) is 19.0. The Morgan fingerprint density at radius 2 is 1.45 bits per heavy atom. The lowest BCUT2D eigenvalue weighted by Gasteiger charge is -2.15. The Kier molecular flexibility index (Phi) is 14.9. The van der Waals surface area contributed by atoms with E-state index in [4.69, 9.17) is 14.2 Å². The summed E-state index contributed by atoms with van der Waals surface area (Å²) in [4.78, 5) is 25.3. The van der Waals surface area contributed by atoms with Gasteiger partial charge in [-0.25, -0.2) is 0 Å². The van der Waals surface area contributed by atoms with Gasteiger partial charge in [0, 0.05) is 12.8 Å². The van der Waals surface area contributed by atoms with Gasteiger partial charge in [0.05, 0.1) is 12.6 Å². The second kappa shape index (κ2) is 16.6. The van der Waals surface area contributed by atoms with E-state index >= 15 is 0 Å². The summed E-state index contributed by atoms with van der Waals surface area (Å²) < 4.78 is 16.2. The smallest absolute Gasteiger partial charge is 0.320 e. The molecule has 6 nitrogen and oxygen atoms in total. The van der Waals surface area contributed by atoms with Crippen LogP contribution >= 0.6 is 0 Å². The van der Waals surface area contributed by atoms with Crippen LogP contribution in [0.2, 0.25) is 0 Å². The van der Waals surface area contributed by atoms with E-state index < -0.39 is 6.29 Å². The van der Waals surface area contributed by atoms with E-state index in [1.54, 1.807) is 4.90 Å². The number of rotatable bonds is 17. The van der Waals surface area contributed by atoms with Crippen molar-refractivity contribution in [3.63, 3.8) is 0 Å². The maximum absolute atomic E-state index is 12.0. The highest BCUT2D eigenvalue weighted by atomic mass is 16.7. The normalized spacial score (nSPS) is 18.9. The SMILES string of the molecule is CCCCCCCCCCCCCC(=O)O[C@H]1CC[C@@H](COC(=O)CN(C)C)O1. The van der Waals surface area contributed by atoms with E-state index in [-0.39, 0.29) is 31.2 Å². The average Bonchev–Trinajstić information content (AvgIpc) is 3.11. The minimum atomic E-state index is -0.493. The fraction of sp³-hybridized carbons (Fsp3) is 0.913. The molecule has 0 spiro atoms. The van der Waals surface area contributed by atoms with Gasteiger partial charge in [-0.2, -0.15) is 0 Å². The van der Waals surface area contributed by atoms with Crippen molar-refractivity contribution < 1.29 is 23.8 Å². The third-order valence-corrected chi connectivity index (χ3v) is 5.19. The fourth-order valence-corrected chi connectivity index (χ4v) is 3.51. The summed E-state index contributed by atoms with van der Waals surface area (Å²) in [6.07, 6.45) is 15.1. The quantitative estimate of drug-likeness (QED) is 0.251. The number of hydrogen-bond donors (Lipinski definition) is 0. The molecule has 0 N–H and O–H groups in total. The van der Waals surface area contributed by atoms with Crippen LogP contribution in [-0.2, 0) is 23.8 Å². The maximum atomic E-state index is 12.0. The van der Waals surface area contributed by atoms with Gasteiger partial charge in [0.15, 0.2) is 0 Å². The topological polar surface area (TPSA) is 65.1 Å². The van der Waals surface area contributed by atoms with Gasteiger partial charge < -0.3 is 14.2 Å². The molecule has 0 aromatic rings. The van der Waals surface area contributed by atoms with Gasteiger partial charge in [0.2, 0.25) is 6.29 Å². The number of hydrogen-bond acceptors (Lipinski definition) is 6. The second-order valence-electron chi connectivity index (χ2n) is 8.46. The number of likely N-dealkylation sites (N-methyl/N-ethyl adjacent to an activating group) is 1. The van der Waals surface area contributed by atoms with E-state index in [9.17, 15) is 9.59 Å². The van der Waals surface area contributed by atoms with Crippen molar-refractivity contribution in [1.82, 2.24) is 4.90 Å².